The Balaban J connectivity index is 2.00. The SMILES string of the molecule is Cc1ccc2oc(C(N)C3(N(C)C)CCCC3)cc2c1. The third kappa shape index (κ3) is 2.05. The van der Waals surface area contributed by atoms with E-state index in [1.54, 1.807) is 0 Å². The summed E-state index contributed by atoms with van der Waals surface area (Å²) in [5, 5.41) is 1.15. The van der Waals surface area contributed by atoms with Gasteiger partial charge in [0.25, 0.3) is 0 Å². The van der Waals surface area contributed by atoms with Crippen LogP contribution in [0.25, 0.3) is 11.0 Å². The van der Waals surface area contributed by atoms with Crippen LogP contribution in [0.3, 0.4) is 0 Å². The summed E-state index contributed by atoms with van der Waals surface area (Å²) in [6.45, 7) is 2.10. The smallest absolute Gasteiger partial charge is 0.134 e. The van der Waals surface area contributed by atoms with Gasteiger partial charge in [-0.05, 0) is 52.1 Å². The highest BCUT2D eigenvalue weighted by atomic mass is 16.3. The maximum atomic E-state index is 6.60. The van der Waals surface area contributed by atoms with E-state index in [1.807, 2.05) is 6.07 Å². The summed E-state index contributed by atoms with van der Waals surface area (Å²) in [5.41, 5.74) is 8.84. The van der Waals surface area contributed by atoms with Gasteiger partial charge in [0.15, 0.2) is 0 Å². The quantitative estimate of drug-likeness (QED) is 0.928. The molecule has 0 saturated heterocycles. The van der Waals surface area contributed by atoms with E-state index in [0.29, 0.717) is 0 Å². The number of hydrogen-bond donors (Lipinski definition) is 1. The topological polar surface area (TPSA) is 42.4 Å². The third-order valence-electron chi connectivity index (χ3n) is 4.94. The molecule has 2 N–H and O–H groups in total. The Morgan fingerprint density at radius 2 is 1.90 bits per heavy atom. The average molecular weight is 272 g/mol. The lowest BCUT2D eigenvalue weighted by Gasteiger charge is -2.40. The van der Waals surface area contributed by atoms with Crippen LogP contribution in [0.2, 0.25) is 0 Å². The van der Waals surface area contributed by atoms with E-state index in [4.69, 9.17) is 10.2 Å². The Bertz CT molecular complexity index is 608. The van der Waals surface area contributed by atoms with Crippen LogP contribution in [-0.4, -0.2) is 24.5 Å². The zero-order chi connectivity index (χ0) is 14.3. The van der Waals surface area contributed by atoms with Crippen LogP contribution < -0.4 is 5.73 Å². The van der Waals surface area contributed by atoms with E-state index in [1.165, 1.54) is 18.4 Å². The van der Waals surface area contributed by atoms with Gasteiger partial charge in [0.1, 0.15) is 11.3 Å². The van der Waals surface area contributed by atoms with E-state index < -0.39 is 0 Å². The van der Waals surface area contributed by atoms with Gasteiger partial charge in [-0.1, -0.05) is 24.5 Å². The highest BCUT2D eigenvalue weighted by molar-refractivity contribution is 5.78. The molecule has 2 aromatic rings. The van der Waals surface area contributed by atoms with E-state index >= 15 is 0 Å². The molecule has 0 radical (unpaired) electrons. The summed E-state index contributed by atoms with van der Waals surface area (Å²) >= 11 is 0. The number of fused-ring (bicyclic) bond motifs is 1. The molecule has 1 heterocycles. The predicted octanol–water partition coefficient (Wildman–Crippen LogP) is 3.62. The van der Waals surface area contributed by atoms with Crippen LogP contribution in [-0.2, 0) is 0 Å². The lowest BCUT2D eigenvalue weighted by molar-refractivity contribution is 0.114. The molecule has 3 nitrogen and oxygen atoms in total. The van der Waals surface area contributed by atoms with Crippen molar-refractivity contribution in [3.05, 3.63) is 35.6 Å². The van der Waals surface area contributed by atoms with Gasteiger partial charge in [0, 0.05) is 10.9 Å². The summed E-state index contributed by atoms with van der Waals surface area (Å²) < 4.78 is 6.02. The molecule has 0 bridgehead atoms. The summed E-state index contributed by atoms with van der Waals surface area (Å²) in [6.07, 6.45) is 4.81. The molecule has 1 aromatic heterocycles. The normalized spacial score (nSPS) is 19.9. The maximum absolute atomic E-state index is 6.60. The molecule has 0 aliphatic heterocycles. The van der Waals surface area contributed by atoms with Crippen molar-refractivity contribution in [2.24, 2.45) is 5.73 Å². The van der Waals surface area contributed by atoms with Crippen molar-refractivity contribution in [2.45, 2.75) is 44.2 Å². The van der Waals surface area contributed by atoms with Crippen LogP contribution in [0, 0.1) is 6.92 Å². The Labute approximate surface area is 120 Å². The highest BCUT2D eigenvalue weighted by Gasteiger charge is 2.43. The molecular weight excluding hydrogens is 248 g/mol. The van der Waals surface area contributed by atoms with Crippen molar-refractivity contribution in [1.82, 2.24) is 4.90 Å². The molecule has 1 saturated carbocycles. The number of nitrogens with zero attached hydrogens (tertiary/aromatic N) is 1. The molecule has 3 rings (SSSR count). The van der Waals surface area contributed by atoms with Gasteiger partial charge in [0.2, 0.25) is 0 Å². The van der Waals surface area contributed by atoms with Crippen molar-refractivity contribution < 1.29 is 4.42 Å². The number of hydrogen-bond acceptors (Lipinski definition) is 3. The lowest BCUT2D eigenvalue weighted by atomic mass is 9.86. The van der Waals surface area contributed by atoms with E-state index in [0.717, 1.165) is 29.6 Å². The van der Waals surface area contributed by atoms with Crippen molar-refractivity contribution >= 4 is 11.0 Å². The molecule has 1 atom stereocenters. The fourth-order valence-corrected chi connectivity index (χ4v) is 3.63. The van der Waals surface area contributed by atoms with Gasteiger partial charge in [-0.25, -0.2) is 0 Å². The molecule has 1 aromatic carbocycles. The minimum Gasteiger partial charge on any atom is -0.459 e. The molecule has 108 valence electrons. The zero-order valence-corrected chi connectivity index (χ0v) is 12.6. The predicted molar refractivity (Wildman–Crippen MR) is 82.8 cm³/mol. The molecule has 0 amide bonds. The zero-order valence-electron chi connectivity index (χ0n) is 12.6. The van der Waals surface area contributed by atoms with Gasteiger partial charge in [0.05, 0.1) is 6.04 Å². The Hall–Kier alpha value is -1.32. The van der Waals surface area contributed by atoms with Crippen LogP contribution in [0.1, 0.15) is 43.0 Å². The number of furan rings is 1. The van der Waals surface area contributed by atoms with Crippen molar-refractivity contribution in [3.8, 4) is 0 Å². The first-order valence-electron chi connectivity index (χ1n) is 7.46. The van der Waals surface area contributed by atoms with Gasteiger partial charge >= 0.3 is 0 Å². The molecule has 0 spiro atoms. The second-order valence-electron chi connectivity index (χ2n) is 6.37. The minimum absolute atomic E-state index is 0.0446. The summed E-state index contributed by atoms with van der Waals surface area (Å²) in [7, 11) is 4.27. The molecule has 1 aliphatic rings. The van der Waals surface area contributed by atoms with E-state index in [9.17, 15) is 0 Å². The fourth-order valence-electron chi connectivity index (χ4n) is 3.63. The van der Waals surface area contributed by atoms with Gasteiger partial charge in [-0.2, -0.15) is 0 Å². The first-order chi connectivity index (χ1) is 9.53. The monoisotopic (exact) mass is 272 g/mol. The molecule has 1 aliphatic carbocycles. The second kappa shape index (κ2) is 4.90. The largest absolute Gasteiger partial charge is 0.459 e. The van der Waals surface area contributed by atoms with Crippen molar-refractivity contribution in [3.63, 3.8) is 0 Å². The van der Waals surface area contributed by atoms with Crippen LogP contribution in [0.15, 0.2) is 28.7 Å². The lowest BCUT2D eigenvalue weighted by Crippen LogP contribution is -2.50. The maximum Gasteiger partial charge on any atom is 0.134 e. The first-order valence-corrected chi connectivity index (χ1v) is 7.46. The van der Waals surface area contributed by atoms with Crippen LogP contribution >= 0.6 is 0 Å². The fraction of sp³-hybridized carbons (Fsp3) is 0.529. The number of benzene rings is 1. The van der Waals surface area contributed by atoms with Crippen LogP contribution in [0.4, 0.5) is 0 Å². The Morgan fingerprint density at radius 3 is 2.55 bits per heavy atom. The summed E-state index contributed by atoms with van der Waals surface area (Å²) in [4.78, 5) is 2.29. The number of nitrogens with two attached hydrogens (primary N) is 1. The molecule has 1 unspecified atom stereocenters. The van der Waals surface area contributed by atoms with Crippen molar-refractivity contribution in [2.75, 3.05) is 14.1 Å². The third-order valence-corrected chi connectivity index (χ3v) is 4.94. The van der Waals surface area contributed by atoms with E-state index in [2.05, 4.69) is 44.1 Å². The van der Waals surface area contributed by atoms with Gasteiger partial charge in [-0.3, -0.25) is 0 Å². The minimum atomic E-state index is -0.0623. The van der Waals surface area contributed by atoms with Crippen molar-refractivity contribution in [1.29, 1.82) is 0 Å². The summed E-state index contributed by atoms with van der Waals surface area (Å²) in [5.74, 6) is 0.918. The number of likely N-dealkylation sites (N-methyl/N-ethyl adjacent to an activating group) is 1. The molecular formula is C17H24N2O. The molecule has 20 heavy (non-hydrogen) atoms. The number of aryl methyl sites for hydroxylation is 1. The molecule has 1 fully saturated rings. The average Bonchev–Trinajstić information content (AvgIpc) is 3.04. The standard InChI is InChI=1S/C17H24N2O/c1-12-6-7-14-13(10-12)11-15(20-14)16(18)17(19(2)3)8-4-5-9-17/h6-7,10-11,16H,4-5,8-9,18H2,1-3H3. The summed E-state index contributed by atoms with van der Waals surface area (Å²) in [6, 6.07) is 8.34. The van der Waals surface area contributed by atoms with Crippen LogP contribution in [0.5, 0.6) is 0 Å². The first kappa shape index (κ1) is 13.7. The van der Waals surface area contributed by atoms with Gasteiger partial charge in [-0.15, -0.1) is 0 Å². The second-order valence-corrected chi connectivity index (χ2v) is 6.37. The molecule has 3 heteroatoms. The number of rotatable bonds is 3. The highest BCUT2D eigenvalue weighted by Crippen LogP contribution is 2.43. The van der Waals surface area contributed by atoms with E-state index in [-0.39, 0.29) is 11.6 Å². The Morgan fingerprint density at radius 1 is 1.20 bits per heavy atom. The van der Waals surface area contributed by atoms with Gasteiger partial charge < -0.3 is 15.1 Å². The Kier molecular flexibility index (Phi) is 3.35.